The Kier molecular flexibility index (Phi) is 6.62. The van der Waals surface area contributed by atoms with Crippen LogP contribution in [-0.4, -0.2) is 29.7 Å². The number of anilines is 1. The van der Waals surface area contributed by atoms with Crippen LogP contribution in [0.15, 0.2) is 41.8 Å². The zero-order valence-electron chi connectivity index (χ0n) is 14.1. The Morgan fingerprint density at radius 1 is 1.12 bits per heavy atom. The first-order valence-electron chi connectivity index (χ1n) is 7.83. The van der Waals surface area contributed by atoms with Gasteiger partial charge in [0, 0.05) is 17.7 Å². The van der Waals surface area contributed by atoms with Crippen LogP contribution >= 0.6 is 11.3 Å². The van der Waals surface area contributed by atoms with Gasteiger partial charge in [-0.05, 0) is 42.6 Å². The molecule has 0 fully saturated rings. The van der Waals surface area contributed by atoms with Crippen LogP contribution in [0.5, 0.6) is 0 Å². The van der Waals surface area contributed by atoms with Crippen molar-refractivity contribution < 1.29 is 23.9 Å². The molecule has 0 radical (unpaired) electrons. The lowest BCUT2D eigenvalue weighted by atomic mass is 10.2. The minimum absolute atomic E-state index is 0.0300. The fraction of sp³-hybridized carbons (Fsp3) is 0.222. The Morgan fingerprint density at radius 2 is 1.81 bits per heavy atom. The third-order valence-corrected chi connectivity index (χ3v) is 4.38. The normalized spacial score (nSPS) is 11.4. The van der Waals surface area contributed by atoms with E-state index < -0.39 is 23.9 Å². The van der Waals surface area contributed by atoms with E-state index in [0.717, 1.165) is 0 Å². The summed E-state index contributed by atoms with van der Waals surface area (Å²) in [5.41, 5.74) is 5.90. The van der Waals surface area contributed by atoms with Crippen LogP contribution in [0.3, 0.4) is 0 Å². The van der Waals surface area contributed by atoms with Crippen molar-refractivity contribution in [3.05, 3.63) is 52.2 Å². The van der Waals surface area contributed by atoms with Crippen LogP contribution in [0.25, 0.3) is 0 Å². The van der Waals surface area contributed by atoms with Crippen molar-refractivity contribution in [3.8, 4) is 0 Å². The van der Waals surface area contributed by atoms with Crippen molar-refractivity contribution in [2.45, 2.75) is 25.9 Å². The predicted octanol–water partition coefficient (Wildman–Crippen LogP) is 2.38. The predicted molar refractivity (Wildman–Crippen MR) is 97.0 cm³/mol. The fourth-order valence-corrected chi connectivity index (χ4v) is 2.74. The van der Waals surface area contributed by atoms with Crippen LogP contribution < -0.4 is 11.1 Å². The number of hydrogen-bond donors (Lipinski definition) is 2. The highest BCUT2D eigenvalue weighted by Crippen LogP contribution is 2.13. The summed E-state index contributed by atoms with van der Waals surface area (Å²) < 4.78 is 5.04. The lowest BCUT2D eigenvalue weighted by Crippen LogP contribution is -2.30. The third kappa shape index (κ3) is 5.52. The first-order chi connectivity index (χ1) is 12.4. The van der Waals surface area contributed by atoms with E-state index in [-0.39, 0.29) is 18.6 Å². The topological polar surface area (TPSA) is 116 Å². The summed E-state index contributed by atoms with van der Waals surface area (Å²) in [6.07, 6.45) is -1.08. The van der Waals surface area contributed by atoms with E-state index in [0.29, 0.717) is 16.1 Å². The third-order valence-electron chi connectivity index (χ3n) is 3.47. The number of hydrogen-bond acceptors (Lipinski definition) is 6. The summed E-state index contributed by atoms with van der Waals surface area (Å²) in [4.78, 5) is 47.3. The number of ketones is 1. The second-order valence-electron chi connectivity index (χ2n) is 5.46. The zero-order chi connectivity index (χ0) is 19.1. The van der Waals surface area contributed by atoms with Crippen molar-refractivity contribution >= 4 is 40.6 Å². The summed E-state index contributed by atoms with van der Waals surface area (Å²) in [5, 5.41) is 4.35. The fourth-order valence-electron chi connectivity index (χ4n) is 2.05. The van der Waals surface area contributed by atoms with Gasteiger partial charge in [0.1, 0.15) is 0 Å². The molecule has 1 atom stereocenters. The molecule has 0 aliphatic heterocycles. The second-order valence-corrected chi connectivity index (χ2v) is 6.41. The van der Waals surface area contributed by atoms with Gasteiger partial charge in [0.05, 0.1) is 11.3 Å². The van der Waals surface area contributed by atoms with Gasteiger partial charge in [-0.3, -0.25) is 19.2 Å². The van der Waals surface area contributed by atoms with Crippen LogP contribution in [0.2, 0.25) is 0 Å². The summed E-state index contributed by atoms with van der Waals surface area (Å²) in [6, 6.07) is 9.45. The average Bonchev–Trinajstić information content (AvgIpc) is 3.14. The van der Waals surface area contributed by atoms with Crippen molar-refractivity contribution in [1.29, 1.82) is 0 Å². The maximum Gasteiger partial charge on any atom is 0.307 e. The average molecular weight is 374 g/mol. The van der Waals surface area contributed by atoms with Crippen molar-refractivity contribution in [1.82, 2.24) is 0 Å². The van der Waals surface area contributed by atoms with Gasteiger partial charge in [-0.25, -0.2) is 0 Å². The number of carbonyl (C=O) groups excluding carboxylic acids is 4. The van der Waals surface area contributed by atoms with Gasteiger partial charge >= 0.3 is 5.97 Å². The summed E-state index contributed by atoms with van der Waals surface area (Å²) in [7, 11) is 0. The molecule has 0 bridgehead atoms. The highest BCUT2D eigenvalue weighted by Gasteiger charge is 2.19. The molecule has 136 valence electrons. The molecule has 0 spiro atoms. The van der Waals surface area contributed by atoms with Crippen molar-refractivity contribution in [2.24, 2.45) is 5.73 Å². The summed E-state index contributed by atoms with van der Waals surface area (Å²) >= 11 is 1.31. The van der Waals surface area contributed by atoms with Crippen LogP contribution in [-0.2, 0) is 14.3 Å². The van der Waals surface area contributed by atoms with Crippen molar-refractivity contribution in [3.63, 3.8) is 0 Å². The van der Waals surface area contributed by atoms with E-state index in [1.54, 1.807) is 17.5 Å². The van der Waals surface area contributed by atoms with Crippen LogP contribution in [0.1, 0.15) is 39.8 Å². The Morgan fingerprint density at radius 3 is 2.38 bits per heavy atom. The Bertz CT molecular complexity index is 799. The maximum atomic E-state index is 12.0. The number of nitrogens with one attached hydrogen (secondary N) is 1. The Hall–Kier alpha value is -3.00. The molecule has 1 heterocycles. The van der Waals surface area contributed by atoms with Gasteiger partial charge in [0.25, 0.3) is 5.91 Å². The van der Waals surface area contributed by atoms with E-state index >= 15 is 0 Å². The summed E-state index contributed by atoms with van der Waals surface area (Å²) in [6.45, 7) is 1.44. The lowest BCUT2D eigenvalue weighted by Gasteiger charge is -2.13. The van der Waals surface area contributed by atoms with Gasteiger partial charge in [-0.15, -0.1) is 11.3 Å². The number of thiophene rings is 1. The molecule has 0 unspecified atom stereocenters. The Labute approximate surface area is 154 Å². The molecule has 3 N–H and O–H groups in total. The van der Waals surface area contributed by atoms with E-state index in [4.69, 9.17) is 10.5 Å². The molecule has 0 aliphatic carbocycles. The number of nitrogens with two attached hydrogens (primary N) is 1. The van der Waals surface area contributed by atoms with Crippen molar-refractivity contribution in [2.75, 3.05) is 5.32 Å². The standard InChI is InChI=1S/C18H18N2O5S/c1-11(18(24)20-13-6-4-12(5-7-13)17(19)23)25-16(22)9-8-14(21)15-3-2-10-26-15/h2-7,10-11H,8-9H2,1H3,(H2,19,23)(H,20,24)/t11-/m0/s1. The maximum absolute atomic E-state index is 12.0. The molecule has 26 heavy (non-hydrogen) atoms. The Balaban J connectivity index is 1.79. The molecule has 2 amide bonds. The first kappa shape index (κ1) is 19.3. The van der Waals surface area contributed by atoms with E-state index in [9.17, 15) is 19.2 Å². The number of Topliss-reactive ketones (excluding diaryl/α,β-unsaturated/α-hetero) is 1. The molecular formula is C18H18N2O5S. The number of esters is 1. The highest BCUT2D eigenvalue weighted by atomic mass is 32.1. The minimum atomic E-state index is -1.02. The molecular weight excluding hydrogens is 356 g/mol. The second kappa shape index (κ2) is 8.91. The highest BCUT2D eigenvalue weighted by molar-refractivity contribution is 7.12. The number of amides is 2. The quantitative estimate of drug-likeness (QED) is 0.544. The largest absolute Gasteiger partial charge is 0.453 e. The molecule has 1 aromatic heterocycles. The number of benzene rings is 1. The smallest absolute Gasteiger partial charge is 0.307 e. The van der Waals surface area contributed by atoms with Gasteiger partial charge in [-0.2, -0.15) is 0 Å². The van der Waals surface area contributed by atoms with Crippen LogP contribution in [0.4, 0.5) is 5.69 Å². The molecule has 0 saturated carbocycles. The number of primary amides is 1. The number of rotatable bonds is 8. The van der Waals surface area contributed by atoms with E-state index in [2.05, 4.69) is 5.32 Å². The molecule has 0 saturated heterocycles. The molecule has 2 rings (SSSR count). The van der Waals surface area contributed by atoms with Gasteiger partial charge in [-0.1, -0.05) is 6.07 Å². The van der Waals surface area contributed by atoms with Gasteiger partial charge in [0.15, 0.2) is 11.9 Å². The minimum Gasteiger partial charge on any atom is -0.453 e. The molecule has 7 nitrogen and oxygen atoms in total. The number of carbonyl (C=O) groups is 4. The number of ether oxygens (including phenoxy) is 1. The molecule has 0 aliphatic rings. The lowest BCUT2D eigenvalue weighted by molar-refractivity contribution is -0.153. The van der Waals surface area contributed by atoms with E-state index in [1.807, 2.05) is 0 Å². The zero-order valence-corrected chi connectivity index (χ0v) is 14.9. The van der Waals surface area contributed by atoms with Crippen LogP contribution in [0, 0.1) is 0 Å². The molecule has 1 aromatic carbocycles. The van der Waals surface area contributed by atoms with Gasteiger partial charge < -0.3 is 15.8 Å². The SMILES string of the molecule is C[C@H](OC(=O)CCC(=O)c1cccs1)C(=O)Nc1ccc(C(N)=O)cc1. The first-order valence-corrected chi connectivity index (χ1v) is 8.71. The van der Waals surface area contributed by atoms with Gasteiger partial charge in [0.2, 0.25) is 5.91 Å². The molecule has 2 aromatic rings. The summed E-state index contributed by atoms with van der Waals surface area (Å²) in [5.74, 6) is -1.85. The monoisotopic (exact) mass is 374 g/mol. The molecule has 8 heteroatoms. The van der Waals surface area contributed by atoms with E-state index in [1.165, 1.54) is 42.5 Å².